The van der Waals surface area contributed by atoms with Crippen molar-refractivity contribution in [3.05, 3.63) is 27.7 Å². The molecule has 0 radical (unpaired) electrons. The molecule has 1 rings (SSSR count). The number of aryl methyl sites for hydroxylation is 1. The highest BCUT2D eigenvalue weighted by molar-refractivity contribution is 6.02. The van der Waals surface area contributed by atoms with Gasteiger partial charge in [-0.3, -0.25) is 4.79 Å². The average molecular weight is 254 g/mol. The number of rotatable bonds is 4. The molecule has 0 atom stereocenters. The number of hydrogen-bond acceptors (Lipinski definition) is 6. The molecule has 7 nitrogen and oxygen atoms in total. The number of aromatic nitrogens is 2. The molecule has 0 aliphatic rings. The van der Waals surface area contributed by atoms with Crippen molar-refractivity contribution in [2.45, 2.75) is 13.8 Å². The summed E-state index contributed by atoms with van der Waals surface area (Å²) in [5, 5.41) is 3.68. The van der Waals surface area contributed by atoms with Crippen LogP contribution in [0.15, 0.2) is 11.0 Å². The van der Waals surface area contributed by atoms with Crippen LogP contribution in [-0.2, 0) is 16.5 Å². The first-order chi connectivity index (χ1) is 8.52. The van der Waals surface area contributed by atoms with Gasteiger partial charge < -0.3 is 9.47 Å². The lowest BCUT2D eigenvalue weighted by Crippen LogP contribution is -2.31. The van der Waals surface area contributed by atoms with Gasteiger partial charge >= 0.3 is 11.9 Å². The molecule has 1 heterocycles. The van der Waals surface area contributed by atoms with Crippen molar-refractivity contribution in [3.63, 3.8) is 0 Å². The molecule has 0 aliphatic carbocycles. The van der Waals surface area contributed by atoms with E-state index in [0.717, 1.165) is 10.9 Å². The molecule has 1 aromatic rings. The second-order valence-electron chi connectivity index (χ2n) is 3.30. The third kappa shape index (κ3) is 2.73. The van der Waals surface area contributed by atoms with Crippen LogP contribution in [0.25, 0.3) is 0 Å². The van der Waals surface area contributed by atoms with Gasteiger partial charge in [-0.25, -0.2) is 14.3 Å². The first-order valence-corrected chi connectivity index (χ1v) is 5.43. The number of esters is 2. The van der Waals surface area contributed by atoms with Gasteiger partial charge in [-0.1, -0.05) is 0 Å². The molecule has 0 aromatic carbocycles. The van der Waals surface area contributed by atoms with Crippen LogP contribution in [0.4, 0.5) is 0 Å². The van der Waals surface area contributed by atoms with Crippen molar-refractivity contribution in [2.75, 3.05) is 13.2 Å². The van der Waals surface area contributed by atoms with E-state index < -0.39 is 17.5 Å². The maximum atomic E-state index is 11.8. The van der Waals surface area contributed by atoms with Gasteiger partial charge in [0.2, 0.25) is 0 Å². The van der Waals surface area contributed by atoms with Crippen LogP contribution < -0.4 is 5.56 Å². The summed E-state index contributed by atoms with van der Waals surface area (Å²) in [7, 11) is 1.37. The lowest BCUT2D eigenvalue weighted by molar-refractivity contribution is 0.0475. The predicted octanol–water partition coefficient (Wildman–Crippen LogP) is 0.134. The minimum Gasteiger partial charge on any atom is -0.462 e. The molecule has 0 bridgehead atoms. The van der Waals surface area contributed by atoms with Gasteiger partial charge in [0.1, 0.15) is 5.56 Å². The quantitative estimate of drug-likeness (QED) is 0.710. The lowest BCUT2D eigenvalue weighted by Gasteiger charge is -2.08. The van der Waals surface area contributed by atoms with Crippen molar-refractivity contribution in [2.24, 2.45) is 7.05 Å². The zero-order chi connectivity index (χ0) is 13.7. The van der Waals surface area contributed by atoms with Gasteiger partial charge in [0.15, 0.2) is 0 Å². The minimum atomic E-state index is -0.858. The predicted molar refractivity (Wildman–Crippen MR) is 61.4 cm³/mol. The molecule has 98 valence electrons. The highest BCUT2D eigenvalue weighted by Gasteiger charge is 2.24. The first kappa shape index (κ1) is 13.9. The number of carbonyl (C=O) groups is 2. The monoisotopic (exact) mass is 254 g/mol. The SMILES string of the molecule is CCOC(=O)c1cnn(C)c(=O)c1C(=O)OCC. The third-order valence-electron chi connectivity index (χ3n) is 2.11. The van der Waals surface area contributed by atoms with Crippen molar-refractivity contribution in [1.82, 2.24) is 9.78 Å². The van der Waals surface area contributed by atoms with E-state index in [0.29, 0.717) is 0 Å². The van der Waals surface area contributed by atoms with Crippen molar-refractivity contribution < 1.29 is 19.1 Å². The van der Waals surface area contributed by atoms with Crippen LogP contribution >= 0.6 is 0 Å². The van der Waals surface area contributed by atoms with E-state index in [2.05, 4.69) is 5.10 Å². The maximum Gasteiger partial charge on any atom is 0.344 e. The largest absolute Gasteiger partial charge is 0.462 e. The third-order valence-corrected chi connectivity index (χ3v) is 2.11. The summed E-state index contributed by atoms with van der Waals surface area (Å²) in [4.78, 5) is 35.1. The van der Waals surface area contributed by atoms with Crippen molar-refractivity contribution >= 4 is 11.9 Å². The first-order valence-electron chi connectivity index (χ1n) is 5.43. The standard InChI is InChI=1S/C11H14N2O5/c1-4-17-10(15)7-6-12-13(3)9(14)8(7)11(16)18-5-2/h6H,4-5H2,1-3H3. The zero-order valence-corrected chi connectivity index (χ0v) is 10.4. The van der Waals surface area contributed by atoms with Gasteiger partial charge in [-0.05, 0) is 13.8 Å². The highest BCUT2D eigenvalue weighted by atomic mass is 16.5. The van der Waals surface area contributed by atoms with E-state index in [1.54, 1.807) is 13.8 Å². The summed E-state index contributed by atoms with van der Waals surface area (Å²) >= 11 is 0. The Morgan fingerprint density at radius 2 is 1.78 bits per heavy atom. The Kier molecular flexibility index (Phi) is 4.59. The Hall–Kier alpha value is -2.18. The van der Waals surface area contributed by atoms with E-state index in [9.17, 15) is 14.4 Å². The molecule has 18 heavy (non-hydrogen) atoms. The molecule has 0 N–H and O–H groups in total. The molecule has 0 spiro atoms. The molecule has 1 aromatic heterocycles. The summed E-state index contributed by atoms with van der Waals surface area (Å²) in [6.45, 7) is 3.47. The fourth-order valence-corrected chi connectivity index (χ4v) is 1.30. The zero-order valence-electron chi connectivity index (χ0n) is 10.4. The van der Waals surface area contributed by atoms with Gasteiger partial charge in [0, 0.05) is 7.05 Å². The van der Waals surface area contributed by atoms with Gasteiger partial charge in [-0.2, -0.15) is 5.10 Å². The maximum absolute atomic E-state index is 11.8. The number of ether oxygens (including phenoxy) is 2. The van der Waals surface area contributed by atoms with Gasteiger partial charge in [0.05, 0.1) is 25.0 Å². The van der Waals surface area contributed by atoms with Crippen LogP contribution in [0, 0.1) is 0 Å². The average Bonchev–Trinajstić information content (AvgIpc) is 2.32. The second-order valence-corrected chi connectivity index (χ2v) is 3.30. The molecule has 0 fully saturated rings. The number of nitrogens with zero attached hydrogens (tertiary/aromatic N) is 2. The van der Waals surface area contributed by atoms with Crippen LogP contribution in [0.5, 0.6) is 0 Å². The summed E-state index contributed by atoms with van der Waals surface area (Å²) in [5.74, 6) is -1.63. The molecule has 0 amide bonds. The summed E-state index contributed by atoms with van der Waals surface area (Å²) < 4.78 is 10.5. The van der Waals surface area contributed by atoms with Crippen molar-refractivity contribution in [3.8, 4) is 0 Å². The molecule has 0 aliphatic heterocycles. The Labute approximate surface area is 103 Å². The molecular weight excluding hydrogens is 240 g/mol. The smallest absolute Gasteiger partial charge is 0.344 e. The minimum absolute atomic E-state index is 0.104. The Bertz CT molecular complexity index is 521. The topological polar surface area (TPSA) is 87.5 Å². The number of carbonyl (C=O) groups excluding carboxylic acids is 2. The van der Waals surface area contributed by atoms with Crippen LogP contribution in [0.1, 0.15) is 34.6 Å². The molecular formula is C11H14N2O5. The van der Waals surface area contributed by atoms with Crippen LogP contribution in [-0.4, -0.2) is 34.9 Å². The fourth-order valence-electron chi connectivity index (χ4n) is 1.30. The Morgan fingerprint density at radius 1 is 1.22 bits per heavy atom. The van der Waals surface area contributed by atoms with Gasteiger partial charge in [0.25, 0.3) is 5.56 Å². The normalized spacial score (nSPS) is 9.94. The molecule has 0 saturated heterocycles. The van der Waals surface area contributed by atoms with Crippen LogP contribution in [0.3, 0.4) is 0 Å². The van der Waals surface area contributed by atoms with E-state index in [4.69, 9.17) is 9.47 Å². The van der Waals surface area contributed by atoms with Crippen LogP contribution in [0.2, 0.25) is 0 Å². The summed E-state index contributed by atoms with van der Waals surface area (Å²) in [6.07, 6.45) is 1.12. The lowest BCUT2D eigenvalue weighted by atomic mass is 10.1. The Morgan fingerprint density at radius 3 is 2.33 bits per heavy atom. The molecule has 0 saturated carbocycles. The van der Waals surface area contributed by atoms with E-state index >= 15 is 0 Å². The van der Waals surface area contributed by atoms with Crippen molar-refractivity contribution in [1.29, 1.82) is 0 Å². The van der Waals surface area contributed by atoms with E-state index in [1.165, 1.54) is 7.05 Å². The van der Waals surface area contributed by atoms with Gasteiger partial charge in [-0.15, -0.1) is 0 Å². The molecule has 7 heteroatoms. The number of hydrogen-bond donors (Lipinski definition) is 0. The molecule has 0 unspecified atom stereocenters. The highest BCUT2D eigenvalue weighted by Crippen LogP contribution is 2.06. The fraction of sp³-hybridized carbons (Fsp3) is 0.455. The van der Waals surface area contributed by atoms with E-state index in [-0.39, 0.29) is 24.3 Å². The summed E-state index contributed by atoms with van der Waals surface area (Å²) in [6, 6.07) is 0. The summed E-state index contributed by atoms with van der Waals surface area (Å²) in [5.41, 5.74) is -1.23. The Balaban J connectivity index is 3.34. The van der Waals surface area contributed by atoms with E-state index in [1.807, 2.05) is 0 Å². The second kappa shape index (κ2) is 5.95.